The minimum Gasteiger partial charge on any atom is -0.494 e. The Kier molecular flexibility index (Phi) is 6.96. The summed E-state index contributed by atoms with van der Waals surface area (Å²) in [7, 11) is 0. The van der Waals surface area contributed by atoms with E-state index in [1.165, 1.54) is 0 Å². The molecule has 174 valence electrons. The predicted molar refractivity (Wildman–Crippen MR) is 115 cm³/mol. The van der Waals surface area contributed by atoms with Crippen molar-refractivity contribution in [3.05, 3.63) is 54.1 Å². The fourth-order valence-corrected chi connectivity index (χ4v) is 2.93. The summed E-state index contributed by atoms with van der Waals surface area (Å²) in [6.07, 6.45) is -2.81. The Morgan fingerprint density at radius 3 is 2.06 bits per heavy atom. The summed E-state index contributed by atoms with van der Waals surface area (Å²) in [6, 6.07) is 14.1. The Labute approximate surface area is 188 Å². The zero-order valence-corrected chi connectivity index (χ0v) is 17.6. The van der Waals surface area contributed by atoms with Gasteiger partial charge < -0.3 is 24.8 Å². The second-order valence-corrected chi connectivity index (χ2v) is 7.22. The molecule has 2 aromatic carbocycles. The van der Waals surface area contributed by atoms with Crippen molar-refractivity contribution in [3.8, 4) is 17.5 Å². The average Bonchev–Trinajstić information content (AvgIpc) is 2.79. The van der Waals surface area contributed by atoms with Crippen LogP contribution >= 0.6 is 0 Å². The lowest BCUT2D eigenvalue weighted by Gasteiger charge is -2.13. The lowest BCUT2D eigenvalue weighted by molar-refractivity contribution is -0.154. The Morgan fingerprint density at radius 1 is 0.818 bits per heavy atom. The van der Waals surface area contributed by atoms with Crippen LogP contribution in [0.3, 0.4) is 0 Å². The first-order valence-corrected chi connectivity index (χ1v) is 10.3. The molecule has 0 spiro atoms. The molecule has 0 aliphatic carbocycles. The molecule has 6 bridgehead atoms. The molecule has 0 atom stereocenters. The molecule has 0 unspecified atom stereocenters. The van der Waals surface area contributed by atoms with Crippen molar-refractivity contribution in [2.45, 2.75) is 25.6 Å². The van der Waals surface area contributed by atoms with E-state index in [-0.39, 0.29) is 11.9 Å². The van der Waals surface area contributed by atoms with Gasteiger partial charge in [0.1, 0.15) is 11.5 Å². The predicted octanol–water partition coefficient (Wildman–Crippen LogP) is 4.72. The Morgan fingerprint density at radius 2 is 1.42 bits per heavy atom. The first kappa shape index (κ1) is 22.4. The molecular weight excluding hydrogens is 439 g/mol. The van der Waals surface area contributed by atoms with E-state index in [2.05, 4.69) is 25.6 Å². The number of halogens is 3. The molecule has 8 nitrogen and oxygen atoms in total. The molecule has 1 aromatic heterocycles. The molecule has 0 saturated carbocycles. The third-order valence-electron chi connectivity index (χ3n) is 4.54. The van der Waals surface area contributed by atoms with E-state index in [1.807, 2.05) is 24.3 Å². The molecule has 0 amide bonds. The van der Waals surface area contributed by atoms with E-state index >= 15 is 0 Å². The van der Waals surface area contributed by atoms with Crippen LogP contribution in [0.1, 0.15) is 18.4 Å². The van der Waals surface area contributed by atoms with Crippen molar-refractivity contribution in [2.24, 2.45) is 0 Å². The second-order valence-electron chi connectivity index (χ2n) is 7.22. The lowest BCUT2D eigenvalue weighted by atomic mass is 10.2. The monoisotopic (exact) mass is 461 g/mol. The lowest BCUT2D eigenvalue weighted by Crippen LogP contribution is -2.21. The smallest absolute Gasteiger partial charge is 0.422 e. The van der Waals surface area contributed by atoms with Gasteiger partial charge >= 0.3 is 12.2 Å². The van der Waals surface area contributed by atoms with Crippen molar-refractivity contribution in [1.82, 2.24) is 15.0 Å². The van der Waals surface area contributed by atoms with Crippen molar-refractivity contribution in [1.29, 1.82) is 0 Å². The van der Waals surface area contributed by atoms with Crippen LogP contribution < -0.4 is 24.8 Å². The van der Waals surface area contributed by atoms with E-state index < -0.39 is 18.8 Å². The first-order valence-electron chi connectivity index (χ1n) is 10.3. The van der Waals surface area contributed by atoms with Crippen LogP contribution in [-0.2, 0) is 6.54 Å². The Bertz CT molecular complexity index is 1050. The number of aromatic nitrogens is 3. The van der Waals surface area contributed by atoms with Gasteiger partial charge in [-0.2, -0.15) is 28.1 Å². The van der Waals surface area contributed by atoms with E-state index in [9.17, 15) is 13.2 Å². The zero-order chi connectivity index (χ0) is 23.1. The standard InChI is InChI=1S/C22H22F3N5O3/c23-22(24,25)14-33-21-29-19-26-13-15-3-7-17(8-4-15)31-11-1-2-12-32-18-9-5-16(6-10-18)27-20(28-19)30-21/h3-10H,1-2,11-14H2,(H2,26,27,28,29,30). The number of hydrogen-bond donors (Lipinski definition) is 2. The Balaban J connectivity index is 1.58. The van der Waals surface area contributed by atoms with Crippen LogP contribution in [0.15, 0.2) is 48.5 Å². The molecule has 33 heavy (non-hydrogen) atoms. The van der Waals surface area contributed by atoms with Gasteiger partial charge in [-0.25, -0.2) is 0 Å². The van der Waals surface area contributed by atoms with Gasteiger partial charge in [-0.3, -0.25) is 0 Å². The maximum Gasteiger partial charge on any atom is 0.422 e. The van der Waals surface area contributed by atoms with Gasteiger partial charge in [-0.1, -0.05) is 12.1 Å². The molecule has 0 fully saturated rings. The van der Waals surface area contributed by atoms with Gasteiger partial charge in [-0.05, 0) is 54.8 Å². The number of nitrogens with zero attached hydrogens (tertiary/aromatic N) is 3. The van der Waals surface area contributed by atoms with Crippen molar-refractivity contribution >= 4 is 17.6 Å². The van der Waals surface area contributed by atoms with E-state index in [0.717, 1.165) is 24.2 Å². The van der Waals surface area contributed by atoms with Gasteiger partial charge in [-0.15, -0.1) is 0 Å². The number of nitrogens with one attached hydrogen (secondary N) is 2. The molecule has 4 aliphatic rings. The normalized spacial score (nSPS) is 14.4. The molecule has 5 heterocycles. The maximum atomic E-state index is 12.6. The van der Waals surface area contributed by atoms with Crippen LogP contribution in [0.2, 0.25) is 0 Å². The maximum absolute atomic E-state index is 12.6. The minimum absolute atomic E-state index is 0.0384. The van der Waals surface area contributed by atoms with E-state index in [0.29, 0.717) is 31.2 Å². The largest absolute Gasteiger partial charge is 0.494 e. The molecular formula is C22H22F3N5O3. The summed E-state index contributed by atoms with van der Waals surface area (Å²) in [5, 5.41) is 5.95. The quantitative estimate of drug-likeness (QED) is 0.567. The summed E-state index contributed by atoms with van der Waals surface area (Å²) < 4.78 is 54.0. The number of hydrogen-bond acceptors (Lipinski definition) is 8. The zero-order valence-electron chi connectivity index (χ0n) is 17.6. The average molecular weight is 461 g/mol. The van der Waals surface area contributed by atoms with Gasteiger partial charge in [0.2, 0.25) is 11.9 Å². The number of alkyl halides is 3. The number of benzene rings is 2. The van der Waals surface area contributed by atoms with Crippen LogP contribution in [-0.4, -0.2) is 40.9 Å². The van der Waals surface area contributed by atoms with Crippen molar-refractivity contribution in [3.63, 3.8) is 0 Å². The van der Waals surface area contributed by atoms with Crippen LogP contribution in [0, 0.1) is 0 Å². The third kappa shape index (κ3) is 7.13. The van der Waals surface area contributed by atoms with Crippen molar-refractivity contribution < 1.29 is 27.4 Å². The summed E-state index contributed by atoms with van der Waals surface area (Å²) in [5.41, 5.74) is 1.54. The highest BCUT2D eigenvalue weighted by Gasteiger charge is 2.29. The highest BCUT2D eigenvalue weighted by atomic mass is 19.4. The van der Waals surface area contributed by atoms with Crippen LogP contribution in [0.5, 0.6) is 17.5 Å². The van der Waals surface area contributed by atoms with E-state index in [1.54, 1.807) is 24.3 Å². The summed E-state index contributed by atoms with van der Waals surface area (Å²) in [4.78, 5) is 12.1. The summed E-state index contributed by atoms with van der Waals surface area (Å²) in [6.45, 7) is -0.0342. The minimum atomic E-state index is -4.52. The van der Waals surface area contributed by atoms with Crippen molar-refractivity contribution in [2.75, 3.05) is 30.5 Å². The molecule has 4 aliphatic heterocycles. The number of ether oxygens (including phenoxy) is 3. The fourth-order valence-electron chi connectivity index (χ4n) is 2.93. The number of anilines is 3. The van der Waals surface area contributed by atoms with Gasteiger partial charge in [0.25, 0.3) is 0 Å². The van der Waals surface area contributed by atoms with Gasteiger partial charge in [0.05, 0.1) is 13.2 Å². The van der Waals surface area contributed by atoms with Gasteiger partial charge in [0.15, 0.2) is 6.61 Å². The second kappa shape index (κ2) is 10.2. The first-order chi connectivity index (χ1) is 15.9. The molecule has 11 heteroatoms. The molecule has 3 aromatic rings. The summed E-state index contributed by atoms with van der Waals surface area (Å²) >= 11 is 0. The topological polar surface area (TPSA) is 90.4 Å². The third-order valence-corrected chi connectivity index (χ3v) is 4.54. The summed E-state index contributed by atoms with van der Waals surface area (Å²) in [5.74, 6) is 1.55. The van der Waals surface area contributed by atoms with Crippen LogP contribution in [0.4, 0.5) is 30.8 Å². The van der Waals surface area contributed by atoms with Crippen LogP contribution in [0.25, 0.3) is 0 Å². The fraction of sp³-hybridized carbons (Fsp3) is 0.318. The number of rotatable bonds is 2. The molecule has 7 rings (SSSR count). The highest BCUT2D eigenvalue weighted by Crippen LogP contribution is 2.22. The molecule has 0 radical (unpaired) electrons. The molecule has 0 saturated heterocycles. The Hall–Kier alpha value is -3.76. The highest BCUT2D eigenvalue weighted by molar-refractivity contribution is 5.55. The van der Waals surface area contributed by atoms with E-state index in [4.69, 9.17) is 14.2 Å². The SMILES string of the molecule is FC(F)(F)COc1nc2nc(n1)Nc1ccc(cc1)OCCCCOc1ccc(cc1)CN2. The molecule has 2 N–H and O–H groups in total. The van der Waals surface area contributed by atoms with Gasteiger partial charge in [0, 0.05) is 12.2 Å².